The van der Waals surface area contributed by atoms with E-state index < -0.39 is 17.8 Å². The minimum absolute atomic E-state index is 0.0297. The molecule has 1 N–H and O–H groups in total. The molecule has 1 atom stereocenters. The standard InChI is InChI=1S/C16H24N2O6S2/c19-13(4-2-1-3-12-7-10-25-26-12)17-8-9-23-11-16(22)24-18-14(20)5-6-15(18)21/h12H,1-11H2,(H,17,19)/t12-/m1/s1. The molecule has 8 nitrogen and oxygen atoms in total. The van der Waals surface area contributed by atoms with Crippen molar-refractivity contribution >= 4 is 45.3 Å². The molecule has 0 unspecified atom stereocenters. The van der Waals surface area contributed by atoms with Crippen LogP contribution < -0.4 is 5.32 Å². The van der Waals surface area contributed by atoms with E-state index in [9.17, 15) is 19.2 Å². The van der Waals surface area contributed by atoms with Gasteiger partial charge in [0.15, 0.2) is 0 Å². The Morgan fingerprint density at radius 2 is 1.96 bits per heavy atom. The molecule has 10 heteroatoms. The summed E-state index contributed by atoms with van der Waals surface area (Å²) >= 11 is 0. The number of imide groups is 1. The zero-order valence-electron chi connectivity index (χ0n) is 14.6. The zero-order chi connectivity index (χ0) is 18.8. The van der Waals surface area contributed by atoms with Gasteiger partial charge in [0.25, 0.3) is 11.8 Å². The van der Waals surface area contributed by atoms with E-state index in [2.05, 4.69) is 10.2 Å². The van der Waals surface area contributed by atoms with Crippen molar-refractivity contribution in [2.75, 3.05) is 25.5 Å². The first kappa shape index (κ1) is 21.0. The van der Waals surface area contributed by atoms with Crippen LogP contribution in [0.3, 0.4) is 0 Å². The number of unbranched alkanes of at least 4 members (excludes halogenated alkanes) is 1. The summed E-state index contributed by atoms with van der Waals surface area (Å²) < 4.78 is 5.08. The average Bonchev–Trinajstić information content (AvgIpc) is 3.24. The first-order valence-corrected chi connectivity index (χ1v) is 11.1. The molecule has 2 heterocycles. The molecule has 2 aliphatic rings. The monoisotopic (exact) mass is 404 g/mol. The smallest absolute Gasteiger partial charge is 0.358 e. The third kappa shape index (κ3) is 7.55. The number of hydrogen-bond donors (Lipinski definition) is 1. The molecule has 0 aromatic carbocycles. The maximum absolute atomic E-state index is 11.7. The molecular weight excluding hydrogens is 380 g/mol. The normalized spacial score (nSPS) is 19.8. The van der Waals surface area contributed by atoms with Crippen LogP contribution in [-0.4, -0.2) is 59.5 Å². The van der Waals surface area contributed by atoms with Gasteiger partial charge in [-0.1, -0.05) is 28.0 Å². The molecule has 0 saturated carbocycles. The number of carbonyl (C=O) groups excluding carboxylic acids is 4. The lowest BCUT2D eigenvalue weighted by Gasteiger charge is -2.12. The van der Waals surface area contributed by atoms with Crippen molar-refractivity contribution in [3.8, 4) is 0 Å². The number of rotatable bonds is 11. The van der Waals surface area contributed by atoms with Crippen molar-refractivity contribution in [3.63, 3.8) is 0 Å². The largest absolute Gasteiger partial charge is 0.368 e. The summed E-state index contributed by atoms with van der Waals surface area (Å²) in [5.74, 6) is -0.670. The molecule has 2 aliphatic heterocycles. The van der Waals surface area contributed by atoms with Crippen LogP contribution in [0.15, 0.2) is 0 Å². The van der Waals surface area contributed by atoms with Crippen LogP contribution in [0, 0.1) is 0 Å². The van der Waals surface area contributed by atoms with Crippen LogP contribution in [0.1, 0.15) is 44.9 Å². The summed E-state index contributed by atoms with van der Waals surface area (Å²) in [5.41, 5.74) is 0. The van der Waals surface area contributed by atoms with Gasteiger partial charge in [0, 0.05) is 36.8 Å². The van der Waals surface area contributed by atoms with Crippen LogP contribution in [-0.2, 0) is 28.8 Å². The first-order chi connectivity index (χ1) is 12.6. The predicted octanol–water partition coefficient (Wildman–Crippen LogP) is 1.44. The molecule has 0 aromatic heterocycles. The van der Waals surface area contributed by atoms with E-state index in [4.69, 9.17) is 4.74 Å². The second kappa shape index (κ2) is 11.5. The van der Waals surface area contributed by atoms with E-state index in [1.807, 2.05) is 21.6 Å². The predicted molar refractivity (Wildman–Crippen MR) is 97.9 cm³/mol. The minimum Gasteiger partial charge on any atom is -0.368 e. The maximum Gasteiger partial charge on any atom is 0.358 e. The van der Waals surface area contributed by atoms with Crippen molar-refractivity contribution in [1.29, 1.82) is 0 Å². The number of carbonyl (C=O) groups is 4. The fourth-order valence-corrected chi connectivity index (χ4v) is 5.54. The Bertz CT molecular complexity index is 509. The summed E-state index contributed by atoms with van der Waals surface area (Å²) in [6.07, 6.45) is 4.96. The van der Waals surface area contributed by atoms with Gasteiger partial charge in [0.05, 0.1) is 6.61 Å². The SMILES string of the molecule is O=C(CCCC[C@@H]1CCSS1)NCCOCC(=O)ON1C(=O)CCC1=O. The van der Waals surface area contributed by atoms with Gasteiger partial charge in [-0.25, -0.2) is 4.79 Å². The highest BCUT2D eigenvalue weighted by Crippen LogP contribution is 2.39. The Labute approximate surface area is 160 Å². The molecule has 146 valence electrons. The van der Waals surface area contributed by atoms with Gasteiger partial charge in [-0.05, 0) is 19.3 Å². The van der Waals surface area contributed by atoms with Gasteiger partial charge in [-0.15, -0.1) is 5.06 Å². The molecule has 0 spiro atoms. The van der Waals surface area contributed by atoms with E-state index in [1.165, 1.54) is 12.2 Å². The summed E-state index contributed by atoms with van der Waals surface area (Å²) in [6.45, 7) is 0.0610. The lowest BCUT2D eigenvalue weighted by molar-refractivity contribution is -0.200. The van der Waals surface area contributed by atoms with Gasteiger partial charge in [0.2, 0.25) is 5.91 Å². The van der Waals surface area contributed by atoms with Crippen molar-refractivity contribution in [1.82, 2.24) is 10.4 Å². The van der Waals surface area contributed by atoms with Crippen molar-refractivity contribution in [3.05, 3.63) is 0 Å². The Morgan fingerprint density at radius 3 is 2.65 bits per heavy atom. The summed E-state index contributed by atoms with van der Waals surface area (Å²) in [5, 5.41) is 3.95. The average molecular weight is 405 g/mol. The van der Waals surface area contributed by atoms with Gasteiger partial charge < -0.3 is 14.9 Å². The number of nitrogens with zero attached hydrogens (tertiary/aromatic N) is 1. The molecule has 0 aliphatic carbocycles. The fraction of sp³-hybridized carbons (Fsp3) is 0.750. The van der Waals surface area contributed by atoms with E-state index in [-0.39, 0.29) is 32.0 Å². The van der Waals surface area contributed by atoms with Crippen molar-refractivity contribution in [2.45, 2.75) is 50.2 Å². The highest BCUT2D eigenvalue weighted by molar-refractivity contribution is 8.77. The van der Waals surface area contributed by atoms with Gasteiger partial charge in [-0.2, -0.15) is 0 Å². The highest BCUT2D eigenvalue weighted by Gasteiger charge is 2.32. The number of nitrogens with one attached hydrogen (secondary N) is 1. The minimum atomic E-state index is -0.817. The molecule has 0 radical (unpaired) electrons. The Kier molecular flexibility index (Phi) is 9.27. The second-order valence-corrected chi connectivity index (χ2v) is 8.81. The highest BCUT2D eigenvalue weighted by atomic mass is 33.1. The van der Waals surface area contributed by atoms with Crippen molar-refractivity contribution < 1.29 is 28.8 Å². The van der Waals surface area contributed by atoms with Crippen LogP contribution in [0.5, 0.6) is 0 Å². The van der Waals surface area contributed by atoms with E-state index >= 15 is 0 Å². The lowest BCUT2D eigenvalue weighted by atomic mass is 10.1. The topological polar surface area (TPSA) is 102 Å². The number of hydrogen-bond acceptors (Lipinski definition) is 8. The van der Waals surface area contributed by atoms with E-state index in [1.54, 1.807) is 0 Å². The quantitative estimate of drug-likeness (QED) is 0.314. The molecule has 2 rings (SSSR count). The lowest BCUT2D eigenvalue weighted by Crippen LogP contribution is -2.34. The van der Waals surface area contributed by atoms with Crippen LogP contribution >= 0.6 is 21.6 Å². The fourth-order valence-electron chi connectivity index (χ4n) is 2.51. The van der Waals surface area contributed by atoms with E-state index in [0.29, 0.717) is 18.0 Å². The summed E-state index contributed by atoms with van der Waals surface area (Å²) in [7, 11) is 3.88. The molecular formula is C16H24N2O6S2. The molecule has 3 amide bonds. The Hall–Kier alpha value is -1.26. The Balaban J connectivity index is 1.43. The second-order valence-electron chi connectivity index (χ2n) is 6.02. The number of amides is 3. The molecule has 0 aromatic rings. The van der Waals surface area contributed by atoms with Gasteiger partial charge in [0.1, 0.15) is 6.61 Å². The molecule has 26 heavy (non-hydrogen) atoms. The van der Waals surface area contributed by atoms with E-state index in [0.717, 1.165) is 24.5 Å². The number of ether oxygens (including phenoxy) is 1. The van der Waals surface area contributed by atoms with Crippen LogP contribution in [0.4, 0.5) is 0 Å². The molecule has 0 bridgehead atoms. The summed E-state index contributed by atoms with van der Waals surface area (Å²) in [4.78, 5) is 50.4. The van der Waals surface area contributed by atoms with Gasteiger partial charge >= 0.3 is 5.97 Å². The third-order valence-electron chi connectivity index (χ3n) is 3.89. The maximum atomic E-state index is 11.7. The van der Waals surface area contributed by atoms with Crippen LogP contribution in [0.2, 0.25) is 0 Å². The summed E-state index contributed by atoms with van der Waals surface area (Å²) in [6, 6.07) is 0. The van der Waals surface area contributed by atoms with Gasteiger partial charge in [-0.3, -0.25) is 14.4 Å². The first-order valence-electron chi connectivity index (χ1n) is 8.75. The third-order valence-corrected chi connectivity index (χ3v) is 6.90. The van der Waals surface area contributed by atoms with Crippen molar-refractivity contribution in [2.24, 2.45) is 0 Å². The molecule has 2 saturated heterocycles. The number of hydroxylamine groups is 2. The zero-order valence-corrected chi connectivity index (χ0v) is 16.2. The Morgan fingerprint density at radius 1 is 1.19 bits per heavy atom. The van der Waals surface area contributed by atoms with Crippen LogP contribution in [0.25, 0.3) is 0 Å². The molecule has 2 fully saturated rings.